The summed E-state index contributed by atoms with van der Waals surface area (Å²) in [5.41, 5.74) is 5.50. The predicted molar refractivity (Wildman–Crippen MR) is 70.8 cm³/mol. The number of ether oxygens (including phenoxy) is 1. The van der Waals surface area contributed by atoms with Crippen molar-refractivity contribution in [3.05, 3.63) is 15.8 Å². The zero-order valence-electron chi connectivity index (χ0n) is 10.4. The van der Waals surface area contributed by atoms with Gasteiger partial charge in [-0.3, -0.25) is 4.79 Å². The van der Waals surface area contributed by atoms with Crippen LogP contribution in [0.2, 0.25) is 0 Å². The molecule has 100 valence electrons. The van der Waals surface area contributed by atoms with Gasteiger partial charge in [0.1, 0.15) is 0 Å². The van der Waals surface area contributed by atoms with Crippen LogP contribution in [0, 0.1) is 6.92 Å². The molecule has 1 aromatic heterocycles. The number of thiophene rings is 1. The molecule has 1 aliphatic rings. The van der Waals surface area contributed by atoms with Crippen molar-refractivity contribution in [3.8, 4) is 0 Å². The summed E-state index contributed by atoms with van der Waals surface area (Å²) in [6, 6.07) is 1.67. The van der Waals surface area contributed by atoms with Crippen LogP contribution in [0.4, 0.5) is 5.69 Å². The Hall–Kier alpha value is -1.11. The molecule has 1 amide bonds. The van der Waals surface area contributed by atoms with Crippen LogP contribution in [-0.4, -0.2) is 36.4 Å². The minimum atomic E-state index is -0.842. The summed E-state index contributed by atoms with van der Waals surface area (Å²) < 4.78 is 5.19. The number of nitrogens with one attached hydrogen (secondary N) is 1. The van der Waals surface area contributed by atoms with E-state index in [0.29, 0.717) is 36.6 Å². The molecular formula is C12H18N2O3S. The molecule has 0 aromatic carbocycles. The first-order valence-corrected chi connectivity index (χ1v) is 6.76. The monoisotopic (exact) mass is 270 g/mol. The number of hydrogen-bond donors (Lipinski definition) is 3. The second-order valence-corrected chi connectivity index (χ2v) is 5.90. The molecule has 0 aliphatic carbocycles. The lowest BCUT2D eigenvalue weighted by Crippen LogP contribution is -2.46. The summed E-state index contributed by atoms with van der Waals surface area (Å²) in [5.74, 6) is -0.181. The van der Waals surface area contributed by atoms with E-state index in [2.05, 4.69) is 5.32 Å². The number of nitrogen functional groups attached to an aromatic ring is 1. The number of aryl methyl sites for hydroxylation is 1. The molecule has 0 radical (unpaired) electrons. The minimum Gasteiger partial charge on any atom is -0.398 e. The number of hydrogen-bond acceptors (Lipinski definition) is 5. The molecule has 0 atom stereocenters. The van der Waals surface area contributed by atoms with Crippen molar-refractivity contribution in [2.45, 2.75) is 25.4 Å². The normalized spacial score (nSPS) is 18.6. The molecule has 1 fully saturated rings. The molecule has 5 nitrogen and oxygen atoms in total. The van der Waals surface area contributed by atoms with Crippen molar-refractivity contribution in [1.82, 2.24) is 5.32 Å². The van der Waals surface area contributed by atoms with Crippen molar-refractivity contribution in [2.75, 3.05) is 25.5 Å². The average molecular weight is 270 g/mol. The van der Waals surface area contributed by atoms with Gasteiger partial charge >= 0.3 is 0 Å². The van der Waals surface area contributed by atoms with Crippen molar-refractivity contribution < 1.29 is 14.6 Å². The van der Waals surface area contributed by atoms with Crippen LogP contribution in [0.25, 0.3) is 0 Å². The Morgan fingerprint density at radius 1 is 1.61 bits per heavy atom. The number of amides is 1. The highest BCUT2D eigenvalue weighted by atomic mass is 32.1. The van der Waals surface area contributed by atoms with E-state index < -0.39 is 5.60 Å². The van der Waals surface area contributed by atoms with E-state index in [-0.39, 0.29) is 12.5 Å². The van der Waals surface area contributed by atoms with Gasteiger partial charge in [0.25, 0.3) is 5.91 Å². The third kappa shape index (κ3) is 3.01. The molecule has 2 rings (SSSR count). The Balaban J connectivity index is 1.91. The zero-order chi connectivity index (χ0) is 13.2. The van der Waals surface area contributed by atoms with Crippen molar-refractivity contribution in [1.29, 1.82) is 0 Å². The van der Waals surface area contributed by atoms with Gasteiger partial charge in [0.2, 0.25) is 0 Å². The number of carbonyl (C=O) groups is 1. The van der Waals surface area contributed by atoms with Gasteiger partial charge in [-0.25, -0.2) is 0 Å². The number of aliphatic hydroxyl groups is 1. The maximum atomic E-state index is 11.9. The van der Waals surface area contributed by atoms with Gasteiger partial charge in [0.15, 0.2) is 0 Å². The van der Waals surface area contributed by atoms with E-state index in [1.165, 1.54) is 11.3 Å². The highest BCUT2D eigenvalue weighted by Crippen LogP contribution is 2.24. The molecule has 4 N–H and O–H groups in total. The van der Waals surface area contributed by atoms with E-state index in [0.717, 1.165) is 4.88 Å². The molecule has 0 spiro atoms. The van der Waals surface area contributed by atoms with Crippen molar-refractivity contribution >= 4 is 22.9 Å². The zero-order valence-corrected chi connectivity index (χ0v) is 11.2. The molecule has 1 aromatic rings. The van der Waals surface area contributed by atoms with E-state index in [1.807, 2.05) is 6.92 Å². The molecule has 18 heavy (non-hydrogen) atoms. The average Bonchev–Trinajstić information content (AvgIpc) is 2.68. The molecular weight excluding hydrogens is 252 g/mol. The Kier molecular flexibility index (Phi) is 3.89. The Morgan fingerprint density at radius 3 is 2.83 bits per heavy atom. The lowest BCUT2D eigenvalue weighted by molar-refractivity contribution is -0.0605. The number of nitrogens with two attached hydrogens (primary N) is 1. The highest BCUT2D eigenvalue weighted by Gasteiger charge is 2.30. The van der Waals surface area contributed by atoms with Gasteiger partial charge < -0.3 is 20.9 Å². The molecule has 2 heterocycles. The minimum absolute atomic E-state index is 0.181. The quantitative estimate of drug-likeness (QED) is 0.762. The molecule has 0 saturated carbocycles. The molecule has 0 bridgehead atoms. The van der Waals surface area contributed by atoms with Gasteiger partial charge in [-0.1, -0.05) is 0 Å². The van der Waals surface area contributed by atoms with Gasteiger partial charge in [0, 0.05) is 43.2 Å². The highest BCUT2D eigenvalue weighted by molar-refractivity contribution is 7.14. The SMILES string of the molecule is Cc1sc(C(=O)NCC2(O)CCOCC2)cc1N. The first-order valence-electron chi connectivity index (χ1n) is 5.94. The summed E-state index contributed by atoms with van der Waals surface area (Å²) in [5, 5.41) is 13.0. The van der Waals surface area contributed by atoms with Crippen LogP contribution in [-0.2, 0) is 4.74 Å². The van der Waals surface area contributed by atoms with Crippen LogP contribution >= 0.6 is 11.3 Å². The summed E-state index contributed by atoms with van der Waals surface area (Å²) in [7, 11) is 0. The van der Waals surface area contributed by atoms with Gasteiger partial charge in [-0.15, -0.1) is 11.3 Å². The van der Waals surface area contributed by atoms with Crippen molar-refractivity contribution in [2.24, 2.45) is 0 Å². The lowest BCUT2D eigenvalue weighted by Gasteiger charge is -2.31. The van der Waals surface area contributed by atoms with Crippen LogP contribution in [0.3, 0.4) is 0 Å². The van der Waals surface area contributed by atoms with Gasteiger partial charge in [-0.05, 0) is 13.0 Å². The molecule has 1 aliphatic heterocycles. The van der Waals surface area contributed by atoms with E-state index in [4.69, 9.17) is 10.5 Å². The second kappa shape index (κ2) is 5.26. The maximum Gasteiger partial charge on any atom is 0.261 e. The Labute approximate surface area is 110 Å². The summed E-state index contributed by atoms with van der Waals surface area (Å²) in [6.07, 6.45) is 1.11. The first kappa shape index (κ1) is 13.3. The summed E-state index contributed by atoms with van der Waals surface area (Å²) >= 11 is 1.36. The Morgan fingerprint density at radius 2 is 2.28 bits per heavy atom. The fourth-order valence-electron chi connectivity index (χ4n) is 1.87. The molecule has 6 heteroatoms. The molecule has 0 unspecified atom stereocenters. The third-order valence-corrected chi connectivity index (χ3v) is 4.25. The topological polar surface area (TPSA) is 84.6 Å². The Bertz CT molecular complexity index is 419. The second-order valence-electron chi connectivity index (χ2n) is 4.64. The maximum absolute atomic E-state index is 11.9. The summed E-state index contributed by atoms with van der Waals surface area (Å²) in [4.78, 5) is 13.4. The van der Waals surface area contributed by atoms with Crippen LogP contribution in [0.1, 0.15) is 27.4 Å². The van der Waals surface area contributed by atoms with Crippen LogP contribution < -0.4 is 11.1 Å². The number of rotatable bonds is 3. The third-order valence-electron chi connectivity index (χ3n) is 3.18. The fraction of sp³-hybridized carbons (Fsp3) is 0.583. The largest absolute Gasteiger partial charge is 0.398 e. The van der Waals surface area contributed by atoms with Crippen LogP contribution in [0.15, 0.2) is 6.07 Å². The molecule has 1 saturated heterocycles. The first-order chi connectivity index (χ1) is 8.50. The van der Waals surface area contributed by atoms with E-state index >= 15 is 0 Å². The predicted octanol–water partition coefficient (Wildman–Crippen LogP) is 0.910. The van der Waals surface area contributed by atoms with Gasteiger partial charge in [-0.2, -0.15) is 0 Å². The smallest absolute Gasteiger partial charge is 0.261 e. The standard InChI is InChI=1S/C12H18N2O3S/c1-8-9(13)6-10(18-8)11(15)14-7-12(16)2-4-17-5-3-12/h6,16H,2-5,7,13H2,1H3,(H,14,15). The van der Waals surface area contributed by atoms with E-state index in [1.54, 1.807) is 6.07 Å². The van der Waals surface area contributed by atoms with Gasteiger partial charge in [0.05, 0.1) is 10.5 Å². The fourth-order valence-corrected chi connectivity index (χ4v) is 2.73. The van der Waals surface area contributed by atoms with Crippen molar-refractivity contribution in [3.63, 3.8) is 0 Å². The van der Waals surface area contributed by atoms with E-state index in [9.17, 15) is 9.90 Å². The number of carbonyl (C=O) groups excluding carboxylic acids is 1. The lowest BCUT2D eigenvalue weighted by atomic mass is 9.94. The van der Waals surface area contributed by atoms with Crippen LogP contribution in [0.5, 0.6) is 0 Å². The summed E-state index contributed by atoms with van der Waals surface area (Å²) in [6.45, 7) is 3.21. The number of anilines is 1.